The third kappa shape index (κ3) is 5.41. The first-order valence-corrected chi connectivity index (χ1v) is 8.31. The van der Waals surface area contributed by atoms with E-state index >= 15 is 0 Å². The average Bonchev–Trinajstić information content (AvgIpc) is 2.49. The van der Waals surface area contributed by atoms with Crippen molar-refractivity contribution in [2.45, 2.75) is 46.1 Å². The van der Waals surface area contributed by atoms with Crippen molar-refractivity contribution in [3.63, 3.8) is 0 Å². The molecule has 1 aromatic carbocycles. The second-order valence-corrected chi connectivity index (χ2v) is 6.80. The maximum absolute atomic E-state index is 12.4. The molecular formula is C18H28ClN3O2. The number of carbonyl (C=O) groups excluding carboxylic acids is 2. The molecule has 1 aliphatic rings. The summed E-state index contributed by atoms with van der Waals surface area (Å²) in [5, 5.41) is 3.07. The summed E-state index contributed by atoms with van der Waals surface area (Å²) in [6.07, 6.45) is 2.20. The Bertz CT molecular complexity index is 582. The summed E-state index contributed by atoms with van der Waals surface area (Å²) in [5.74, 6) is 0.518. The molecule has 0 aromatic heterocycles. The minimum absolute atomic E-state index is 0. The third-order valence-corrected chi connectivity index (χ3v) is 4.27. The highest BCUT2D eigenvalue weighted by atomic mass is 35.5. The fourth-order valence-corrected chi connectivity index (χ4v) is 2.90. The largest absolute Gasteiger partial charge is 0.399 e. The number of hydrogen-bond acceptors (Lipinski definition) is 3. The van der Waals surface area contributed by atoms with Crippen LogP contribution in [0, 0.1) is 12.8 Å². The van der Waals surface area contributed by atoms with Crippen LogP contribution in [0.2, 0.25) is 0 Å². The Balaban J connectivity index is 0.00000288. The summed E-state index contributed by atoms with van der Waals surface area (Å²) in [6.45, 7) is 7.44. The highest BCUT2D eigenvalue weighted by molar-refractivity contribution is 5.96. The number of nitrogen functional groups attached to an aromatic ring is 1. The molecule has 0 radical (unpaired) electrons. The molecule has 0 unspecified atom stereocenters. The average molecular weight is 354 g/mol. The number of likely N-dealkylation sites (tertiary alicyclic amines) is 1. The molecule has 0 saturated carbocycles. The molecule has 1 saturated heterocycles. The zero-order valence-electron chi connectivity index (χ0n) is 14.7. The van der Waals surface area contributed by atoms with Gasteiger partial charge in [-0.2, -0.15) is 0 Å². The van der Waals surface area contributed by atoms with E-state index in [-0.39, 0.29) is 30.3 Å². The number of nitrogens with two attached hydrogens (primary N) is 1. The van der Waals surface area contributed by atoms with Crippen molar-refractivity contribution >= 4 is 29.9 Å². The van der Waals surface area contributed by atoms with Crippen LogP contribution in [0.1, 0.15) is 49.0 Å². The highest BCUT2D eigenvalue weighted by Crippen LogP contribution is 2.16. The lowest BCUT2D eigenvalue weighted by atomic mass is 10.0. The second kappa shape index (κ2) is 8.92. The second-order valence-electron chi connectivity index (χ2n) is 6.80. The molecule has 2 rings (SSSR count). The van der Waals surface area contributed by atoms with Gasteiger partial charge in [-0.05, 0) is 43.4 Å². The van der Waals surface area contributed by atoms with Gasteiger partial charge in [0.1, 0.15) is 0 Å². The molecule has 2 amide bonds. The number of halogens is 1. The van der Waals surface area contributed by atoms with Crippen LogP contribution in [0.25, 0.3) is 0 Å². The number of carbonyl (C=O) groups is 2. The van der Waals surface area contributed by atoms with Crippen LogP contribution in [-0.2, 0) is 4.79 Å². The predicted octanol–water partition coefficient (Wildman–Crippen LogP) is 2.77. The summed E-state index contributed by atoms with van der Waals surface area (Å²) >= 11 is 0. The molecule has 24 heavy (non-hydrogen) atoms. The number of nitrogens with one attached hydrogen (secondary N) is 1. The lowest BCUT2D eigenvalue weighted by molar-refractivity contribution is -0.133. The van der Waals surface area contributed by atoms with Gasteiger partial charge in [-0.1, -0.05) is 19.9 Å². The first-order chi connectivity index (χ1) is 10.9. The molecule has 134 valence electrons. The minimum atomic E-state index is -0.0817. The van der Waals surface area contributed by atoms with Crippen molar-refractivity contribution < 1.29 is 9.59 Å². The maximum Gasteiger partial charge on any atom is 0.251 e. The number of benzene rings is 1. The molecule has 1 aromatic rings. The number of hydrogen-bond donors (Lipinski definition) is 2. The van der Waals surface area contributed by atoms with Gasteiger partial charge < -0.3 is 16.0 Å². The van der Waals surface area contributed by atoms with Crippen LogP contribution in [0.4, 0.5) is 5.69 Å². The number of nitrogens with zero attached hydrogens (tertiary/aromatic N) is 1. The lowest BCUT2D eigenvalue weighted by Gasteiger charge is -2.33. The number of anilines is 1. The van der Waals surface area contributed by atoms with Crippen molar-refractivity contribution in [2.24, 2.45) is 5.92 Å². The normalized spacial score (nSPS) is 15.1. The Morgan fingerprint density at radius 2 is 1.92 bits per heavy atom. The molecule has 1 heterocycles. The SMILES string of the molecule is Cc1ccc(N)cc1C(=O)NC1CCN(C(=O)CC(C)C)CC1.Cl. The van der Waals surface area contributed by atoms with E-state index < -0.39 is 0 Å². The molecular weight excluding hydrogens is 326 g/mol. The van der Waals surface area contributed by atoms with Crippen LogP contribution in [0.15, 0.2) is 18.2 Å². The molecule has 0 aliphatic carbocycles. The standard InChI is InChI=1S/C18H27N3O2.ClH/c1-12(2)10-17(22)21-8-6-15(7-9-21)20-18(23)16-11-14(19)5-4-13(16)3;/h4-5,11-12,15H,6-10,19H2,1-3H3,(H,20,23);1H. The van der Waals surface area contributed by atoms with Crippen molar-refractivity contribution in [1.82, 2.24) is 10.2 Å². The van der Waals surface area contributed by atoms with Gasteiger partial charge in [-0.25, -0.2) is 0 Å². The van der Waals surface area contributed by atoms with E-state index in [4.69, 9.17) is 5.73 Å². The van der Waals surface area contributed by atoms with E-state index in [1.807, 2.05) is 17.9 Å². The Labute approximate surface area is 150 Å². The molecule has 1 aliphatic heterocycles. The van der Waals surface area contributed by atoms with Crippen LogP contribution >= 0.6 is 12.4 Å². The smallest absolute Gasteiger partial charge is 0.251 e. The van der Waals surface area contributed by atoms with E-state index in [1.54, 1.807) is 12.1 Å². The molecule has 0 atom stereocenters. The zero-order chi connectivity index (χ0) is 17.0. The van der Waals surface area contributed by atoms with Crippen molar-refractivity contribution in [2.75, 3.05) is 18.8 Å². The summed E-state index contributed by atoms with van der Waals surface area (Å²) < 4.78 is 0. The van der Waals surface area contributed by atoms with E-state index in [9.17, 15) is 9.59 Å². The molecule has 3 N–H and O–H groups in total. The number of amides is 2. The van der Waals surface area contributed by atoms with Gasteiger partial charge in [-0.15, -0.1) is 12.4 Å². The van der Waals surface area contributed by atoms with Gasteiger partial charge in [0.25, 0.3) is 5.91 Å². The van der Waals surface area contributed by atoms with E-state index in [2.05, 4.69) is 19.2 Å². The van der Waals surface area contributed by atoms with Crippen molar-refractivity contribution in [1.29, 1.82) is 0 Å². The maximum atomic E-state index is 12.4. The zero-order valence-corrected chi connectivity index (χ0v) is 15.5. The Morgan fingerprint density at radius 3 is 2.50 bits per heavy atom. The van der Waals surface area contributed by atoms with Crippen molar-refractivity contribution in [3.8, 4) is 0 Å². The minimum Gasteiger partial charge on any atom is -0.399 e. The monoisotopic (exact) mass is 353 g/mol. The Kier molecular flexibility index (Phi) is 7.55. The molecule has 1 fully saturated rings. The topological polar surface area (TPSA) is 75.4 Å². The molecule has 6 heteroatoms. The van der Waals surface area contributed by atoms with Crippen LogP contribution in [-0.4, -0.2) is 35.8 Å². The van der Waals surface area contributed by atoms with Crippen LogP contribution < -0.4 is 11.1 Å². The fourth-order valence-electron chi connectivity index (χ4n) is 2.90. The predicted molar refractivity (Wildman–Crippen MR) is 99.4 cm³/mol. The van der Waals surface area contributed by atoms with E-state index in [1.165, 1.54) is 0 Å². The van der Waals surface area contributed by atoms with E-state index in [0.717, 1.165) is 18.4 Å². The summed E-state index contributed by atoms with van der Waals surface area (Å²) in [7, 11) is 0. The number of rotatable bonds is 4. The van der Waals surface area contributed by atoms with Gasteiger partial charge in [0.2, 0.25) is 5.91 Å². The molecule has 0 bridgehead atoms. The van der Waals surface area contributed by atoms with Gasteiger partial charge >= 0.3 is 0 Å². The number of aryl methyl sites for hydroxylation is 1. The quantitative estimate of drug-likeness (QED) is 0.817. The fraction of sp³-hybridized carbons (Fsp3) is 0.556. The van der Waals surface area contributed by atoms with Crippen molar-refractivity contribution in [3.05, 3.63) is 29.3 Å². The van der Waals surface area contributed by atoms with E-state index in [0.29, 0.717) is 36.7 Å². The third-order valence-electron chi connectivity index (χ3n) is 4.27. The lowest BCUT2D eigenvalue weighted by Crippen LogP contribution is -2.46. The molecule has 0 spiro atoms. The van der Waals surface area contributed by atoms with Gasteiger partial charge in [-0.3, -0.25) is 9.59 Å². The summed E-state index contributed by atoms with van der Waals surface area (Å²) in [5.41, 5.74) is 7.90. The number of piperidine rings is 1. The first-order valence-electron chi connectivity index (χ1n) is 8.31. The van der Waals surface area contributed by atoms with Crippen LogP contribution in [0.5, 0.6) is 0 Å². The van der Waals surface area contributed by atoms with Gasteiger partial charge in [0.05, 0.1) is 0 Å². The first kappa shape index (κ1) is 20.3. The highest BCUT2D eigenvalue weighted by Gasteiger charge is 2.24. The van der Waals surface area contributed by atoms with Gasteiger partial charge in [0, 0.05) is 36.8 Å². The van der Waals surface area contributed by atoms with Gasteiger partial charge in [0.15, 0.2) is 0 Å². The molecule has 5 nitrogen and oxygen atoms in total. The Morgan fingerprint density at radius 1 is 1.29 bits per heavy atom. The van der Waals surface area contributed by atoms with Crippen LogP contribution in [0.3, 0.4) is 0 Å². The Hall–Kier alpha value is -1.75. The summed E-state index contributed by atoms with van der Waals surface area (Å²) in [4.78, 5) is 26.4. The summed E-state index contributed by atoms with van der Waals surface area (Å²) in [6, 6.07) is 5.49.